The highest BCUT2D eigenvalue weighted by molar-refractivity contribution is 5.92. The van der Waals surface area contributed by atoms with Crippen molar-refractivity contribution in [3.8, 4) is 11.5 Å². The van der Waals surface area contributed by atoms with Crippen molar-refractivity contribution in [1.29, 1.82) is 0 Å². The molecular formula is C20H24N4O3. The van der Waals surface area contributed by atoms with Crippen LogP contribution in [0.1, 0.15) is 53.8 Å². The lowest BCUT2D eigenvalue weighted by atomic mass is 9.96. The van der Waals surface area contributed by atoms with Gasteiger partial charge in [-0.15, -0.1) is 0 Å². The van der Waals surface area contributed by atoms with E-state index in [2.05, 4.69) is 20.6 Å². The number of fused-ring (bicyclic) bond motifs is 1. The molecule has 1 aliphatic carbocycles. The van der Waals surface area contributed by atoms with E-state index in [1.54, 1.807) is 6.07 Å². The van der Waals surface area contributed by atoms with Crippen LogP contribution in [-0.2, 0) is 6.54 Å². The Bertz CT molecular complexity index is 834. The van der Waals surface area contributed by atoms with Crippen molar-refractivity contribution in [2.75, 3.05) is 12.1 Å². The van der Waals surface area contributed by atoms with Crippen molar-refractivity contribution in [3.05, 3.63) is 41.2 Å². The van der Waals surface area contributed by atoms with Gasteiger partial charge in [0.15, 0.2) is 11.5 Å². The summed E-state index contributed by atoms with van der Waals surface area (Å²) in [7, 11) is 0. The number of aryl methyl sites for hydroxylation is 1. The summed E-state index contributed by atoms with van der Waals surface area (Å²) in [4.78, 5) is 21.4. The first kappa shape index (κ1) is 17.6. The molecular weight excluding hydrogens is 344 g/mol. The van der Waals surface area contributed by atoms with Crippen LogP contribution in [0.4, 0.5) is 5.95 Å². The van der Waals surface area contributed by atoms with Crippen LogP contribution in [-0.4, -0.2) is 28.7 Å². The second-order valence-electron chi connectivity index (χ2n) is 7.07. The highest BCUT2D eigenvalue weighted by Crippen LogP contribution is 2.32. The monoisotopic (exact) mass is 368 g/mol. The molecule has 1 saturated carbocycles. The summed E-state index contributed by atoms with van der Waals surface area (Å²) in [6.07, 6.45) is 6.00. The zero-order valence-electron chi connectivity index (χ0n) is 15.5. The molecule has 1 amide bonds. The number of carbonyl (C=O) groups is 1. The minimum absolute atomic E-state index is 0.218. The van der Waals surface area contributed by atoms with Crippen LogP contribution in [0, 0.1) is 6.92 Å². The van der Waals surface area contributed by atoms with Gasteiger partial charge in [0, 0.05) is 18.3 Å². The van der Waals surface area contributed by atoms with Gasteiger partial charge < -0.3 is 20.1 Å². The quantitative estimate of drug-likeness (QED) is 0.843. The Balaban J connectivity index is 1.40. The average molecular weight is 368 g/mol. The topological polar surface area (TPSA) is 85.4 Å². The van der Waals surface area contributed by atoms with Crippen LogP contribution >= 0.6 is 0 Å². The van der Waals surface area contributed by atoms with Gasteiger partial charge in [-0.2, -0.15) is 0 Å². The highest BCUT2D eigenvalue weighted by atomic mass is 16.7. The van der Waals surface area contributed by atoms with Crippen LogP contribution in [0.15, 0.2) is 24.3 Å². The van der Waals surface area contributed by atoms with Gasteiger partial charge >= 0.3 is 0 Å². The third-order valence-corrected chi connectivity index (χ3v) is 4.92. The van der Waals surface area contributed by atoms with Gasteiger partial charge in [0.1, 0.15) is 5.69 Å². The molecule has 2 N–H and O–H groups in total. The molecule has 2 aliphatic rings. The molecule has 1 aromatic heterocycles. The van der Waals surface area contributed by atoms with E-state index in [4.69, 9.17) is 9.47 Å². The van der Waals surface area contributed by atoms with Gasteiger partial charge in [0.25, 0.3) is 5.91 Å². The maximum atomic E-state index is 12.6. The molecule has 0 unspecified atom stereocenters. The molecule has 142 valence electrons. The van der Waals surface area contributed by atoms with Gasteiger partial charge in [-0.05, 0) is 43.5 Å². The minimum Gasteiger partial charge on any atom is -0.454 e. The van der Waals surface area contributed by atoms with Crippen molar-refractivity contribution in [2.24, 2.45) is 0 Å². The summed E-state index contributed by atoms with van der Waals surface area (Å²) in [5.74, 6) is 1.76. The van der Waals surface area contributed by atoms with Gasteiger partial charge in [0.2, 0.25) is 12.7 Å². The van der Waals surface area contributed by atoms with E-state index in [0.717, 1.165) is 29.8 Å². The third kappa shape index (κ3) is 4.30. The van der Waals surface area contributed by atoms with E-state index in [9.17, 15) is 4.79 Å². The minimum atomic E-state index is -0.218. The predicted octanol–water partition coefficient (Wildman–Crippen LogP) is 3.19. The first-order valence-corrected chi connectivity index (χ1v) is 9.46. The SMILES string of the molecule is Cc1cc(C(=O)NCc2ccc3c(c2)OCO3)nc(NC2CCCCC2)n1. The zero-order valence-corrected chi connectivity index (χ0v) is 15.5. The Kier molecular flexibility index (Phi) is 5.09. The molecule has 0 bridgehead atoms. The van der Waals surface area contributed by atoms with Crippen molar-refractivity contribution in [3.63, 3.8) is 0 Å². The number of aromatic nitrogens is 2. The lowest BCUT2D eigenvalue weighted by molar-refractivity contribution is 0.0945. The summed E-state index contributed by atoms with van der Waals surface area (Å²) in [6, 6.07) is 7.75. The zero-order chi connectivity index (χ0) is 18.6. The van der Waals surface area contributed by atoms with E-state index in [-0.39, 0.29) is 12.7 Å². The number of hydrogen-bond donors (Lipinski definition) is 2. The highest BCUT2D eigenvalue weighted by Gasteiger charge is 2.17. The summed E-state index contributed by atoms with van der Waals surface area (Å²) >= 11 is 0. The molecule has 0 saturated heterocycles. The van der Waals surface area contributed by atoms with Crippen molar-refractivity contribution >= 4 is 11.9 Å². The van der Waals surface area contributed by atoms with Crippen LogP contribution in [0.2, 0.25) is 0 Å². The van der Waals surface area contributed by atoms with E-state index in [0.29, 0.717) is 30.0 Å². The normalized spacial score (nSPS) is 16.2. The molecule has 2 heterocycles. The Hall–Kier alpha value is -2.83. The number of amides is 1. The summed E-state index contributed by atoms with van der Waals surface area (Å²) in [5.41, 5.74) is 2.09. The molecule has 0 radical (unpaired) electrons. The maximum Gasteiger partial charge on any atom is 0.270 e. The molecule has 0 atom stereocenters. The first-order chi connectivity index (χ1) is 13.2. The van der Waals surface area contributed by atoms with E-state index >= 15 is 0 Å². The van der Waals surface area contributed by atoms with Crippen LogP contribution in [0.3, 0.4) is 0 Å². The number of nitrogens with one attached hydrogen (secondary N) is 2. The van der Waals surface area contributed by atoms with E-state index in [1.807, 2.05) is 25.1 Å². The Morgan fingerprint density at radius 2 is 1.93 bits per heavy atom. The van der Waals surface area contributed by atoms with E-state index in [1.165, 1.54) is 19.3 Å². The van der Waals surface area contributed by atoms with Gasteiger partial charge in [-0.3, -0.25) is 4.79 Å². The maximum absolute atomic E-state index is 12.6. The predicted molar refractivity (Wildman–Crippen MR) is 101 cm³/mol. The van der Waals surface area contributed by atoms with Gasteiger partial charge in [-0.25, -0.2) is 9.97 Å². The molecule has 7 heteroatoms. The largest absolute Gasteiger partial charge is 0.454 e. The number of carbonyl (C=O) groups excluding carboxylic acids is 1. The Labute approximate surface area is 158 Å². The molecule has 2 aromatic rings. The molecule has 0 spiro atoms. The molecule has 1 fully saturated rings. The van der Waals surface area contributed by atoms with Crippen LogP contribution in [0.5, 0.6) is 11.5 Å². The van der Waals surface area contributed by atoms with Crippen LogP contribution < -0.4 is 20.1 Å². The Morgan fingerprint density at radius 1 is 1.11 bits per heavy atom. The second-order valence-corrected chi connectivity index (χ2v) is 7.07. The number of benzene rings is 1. The van der Waals surface area contributed by atoms with Crippen molar-refractivity contribution in [2.45, 2.75) is 51.6 Å². The Morgan fingerprint density at radius 3 is 2.78 bits per heavy atom. The summed E-state index contributed by atoms with van der Waals surface area (Å²) < 4.78 is 10.7. The lowest BCUT2D eigenvalue weighted by Gasteiger charge is -2.23. The third-order valence-electron chi connectivity index (χ3n) is 4.92. The number of anilines is 1. The molecule has 7 nitrogen and oxygen atoms in total. The standard InChI is InChI=1S/C20H24N4O3/c1-13-9-16(24-20(22-13)23-15-5-3-2-4-6-15)19(25)21-11-14-7-8-17-18(10-14)27-12-26-17/h7-10,15H,2-6,11-12H2,1H3,(H,21,25)(H,22,23,24). The number of rotatable bonds is 5. The number of ether oxygens (including phenoxy) is 2. The number of hydrogen-bond acceptors (Lipinski definition) is 6. The van der Waals surface area contributed by atoms with Gasteiger partial charge in [-0.1, -0.05) is 25.3 Å². The fourth-order valence-electron chi connectivity index (χ4n) is 3.50. The second kappa shape index (κ2) is 7.82. The number of nitrogens with zero attached hydrogens (tertiary/aromatic N) is 2. The first-order valence-electron chi connectivity index (χ1n) is 9.46. The van der Waals surface area contributed by atoms with Crippen molar-refractivity contribution < 1.29 is 14.3 Å². The fourth-order valence-corrected chi connectivity index (χ4v) is 3.50. The van der Waals surface area contributed by atoms with E-state index < -0.39 is 0 Å². The molecule has 1 aliphatic heterocycles. The molecule has 1 aromatic carbocycles. The lowest BCUT2D eigenvalue weighted by Crippen LogP contribution is -2.27. The summed E-state index contributed by atoms with van der Waals surface area (Å²) in [6.45, 7) is 2.51. The smallest absolute Gasteiger partial charge is 0.270 e. The van der Waals surface area contributed by atoms with Gasteiger partial charge in [0.05, 0.1) is 0 Å². The fraction of sp³-hybridized carbons (Fsp3) is 0.450. The molecule has 4 rings (SSSR count). The van der Waals surface area contributed by atoms with Crippen LogP contribution in [0.25, 0.3) is 0 Å². The van der Waals surface area contributed by atoms with Crippen molar-refractivity contribution in [1.82, 2.24) is 15.3 Å². The summed E-state index contributed by atoms with van der Waals surface area (Å²) in [5, 5.41) is 6.30. The molecule has 27 heavy (non-hydrogen) atoms. The average Bonchev–Trinajstić information content (AvgIpc) is 3.14.